The second kappa shape index (κ2) is 4.24. The maximum atomic E-state index is 5.71. The van der Waals surface area contributed by atoms with Gasteiger partial charge in [0, 0.05) is 11.8 Å². The number of hydrogen-bond acceptors (Lipinski definition) is 5. The van der Waals surface area contributed by atoms with E-state index in [4.69, 9.17) is 27.8 Å². The predicted molar refractivity (Wildman–Crippen MR) is 62.4 cm³/mol. The molecule has 0 saturated carbocycles. The fourth-order valence-corrected chi connectivity index (χ4v) is 1.30. The van der Waals surface area contributed by atoms with Crippen LogP contribution in [0.4, 0.5) is 11.6 Å². The van der Waals surface area contributed by atoms with Gasteiger partial charge in [-0.2, -0.15) is 4.98 Å². The molecule has 0 radical (unpaired) electrons. The monoisotopic (exact) mass is 236 g/mol. The minimum absolute atomic E-state index is 0.0675. The van der Waals surface area contributed by atoms with E-state index in [0.29, 0.717) is 17.3 Å². The quantitative estimate of drug-likeness (QED) is 0.616. The van der Waals surface area contributed by atoms with Crippen molar-refractivity contribution in [3.05, 3.63) is 35.5 Å². The number of halogens is 1. The number of nitrogens with zero attached hydrogens (tertiary/aromatic N) is 2. The summed E-state index contributed by atoms with van der Waals surface area (Å²) < 4.78 is 5.42. The molecule has 0 unspecified atom stereocenters. The molecular formula is C10H9ClN4O. The van der Waals surface area contributed by atoms with Crippen LogP contribution in [0.15, 0.2) is 30.3 Å². The third kappa shape index (κ3) is 2.52. The Morgan fingerprint density at radius 3 is 2.38 bits per heavy atom. The van der Waals surface area contributed by atoms with E-state index in [1.54, 1.807) is 24.3 Å². The summed E-state index contributed by atoms with van der Waals surface area (Å²) in [5.41, 5.74) is 11.6. The zero-order chi connectivity index (χ0) is 11.5. The van der Waals surface area contributed by atoms with Crippen LogP contribution in [-0.4, -0.2) is 9.97 Å². The molecule has 6 heteroatoms. The molecule has 0 amide bonds. The Bertz CT molecular complexity index is 480. The lowest BCUT2D eigenvalue weighted by molar-refractivity contribution is 0.463. The number of benzene rings is 1. The van der Waals surface area contributed by atoms with Gasteiger partial charge >= 0.3 is 0 Å². The van der Waals surface area contributed by atoms with Crippen molar-refractivity contribution in [2.45, 2.75) is 0 Å². The molecule has 1 aromatic carbocycles. The molecule has 2 rings (SSSR count). The lowest BCUT2D eigenvalue weighted by atomic mass is 10.3. The number of rotatable bonds is 2. The molecule has 5 nitrogen and oxygen atoms in total. The lowest BCUT2D eigenvalue weighted by Gasteiger charge is -2.05. The molecular weight excluding hydrogens is 228 g/mol. The lowest BCUT2D eigenvalue weighted by Crippen LogP contribution is -1.97. The summed E-state index contributed by atoms with van der Waals surface area (Å²) in [6, 6.07) is 8.38. The molecule has 4 N–H and O–H groups in total. The number of nitrogen functional groups attached to an aromatic ring is 2. The molecule has 0 aliphatic carbocycles. The van der Waals surface area contributed by atoms with Crippen molar-refractivity contribution in [2.24, 2.45) is 0 Å². The van der Waals surface area contributed by atoms with Gasteiger partial charge in [0.05, 0.1) is 0 Å². The molecule has 0 saturated heterocycles. The van der Waals surface area contributed by atoms with Crippen LogP contribution < -0.4 is 16.2 Å². The van der Waals surface area contributed by atoms with Crippen molar-refractivity contribution < 1.29 is 4.74 Å². The van der Waals surface area contributed by atoms with E-state index in [1.807, 2.05) is 0 Å². The van der Waals surface area contributed by atoms with Gasteiger partial charge < -0.3 is 16.2 Å². The molecule has 82 valence electrons. The minimum Gasteiger partial charge on any atom is -0.439 e. The molecule has 1 aromatic heterocycles. The van der Waals surface area contributed by atoms with E-state index in [9.17, 15) is 0 Å². The van der Waals surface area contributed by atoms with Crippen LogP contribution in [0.3, 0.4) is 0 Å². The van der Waals surface area contributed by atoms with Gasteiger partial charge in [0.15, 0.2) is 0 Å². The highest BCUT2D eigenvalue weighted by atomic mass is 35.5. The summed E-state index contributed by atoms with van der Waals surface area (Å²) in [4.78, 5) is 7.60. The van der Waals surface area contributed by atoms with Gasteiger partial charge in [0.25, 0.3) is 0 Å². The number of hydrogen-bond donors (Lipinski definition) is 2. The van der Waals surface area contributed by atoms with E-state index in [1.165, 1.54) is 6.07 Å². The standard InChI is InChI=1S/C10H9ClN4O/c11-8-5-9(15-10(13)14-8)16-7-3-1-6(12)2-4-7/h1-5H,12H2,(H2,13,14,15). The van der Waals surface area contributed by atoms with E-state index in [0.717, 1.165) is 0 Å². The molecule has 2 aromatic rings. The fourth-order valence-electron chi connectivity index (χ4n) is 1.12. The molecule has 0 fully saturated rings. The Labute approximate surface area is 97.0 Å². The second-order valence-corrected chi connectivity index (χ2v) is 3.45. The first kappa shape index (κ1) is 10.5. The average molecular weight is 237 g/mol. The number of aromatic nitrogens is 2. The van der Waals surface area contributed by atoms with E-state index in [-0.39, 0.29) is 11.1 Å². The first-order chi connectivity index (χ1) is 7.63. The summed E-state index contributed by atoms with van der Waals surface area (Å²) >= 11 is 5.71. The maximum absolute atomic E-state index is 5.71. The molecule has 0 atom stereocenters. The van der Waals surface area contributed by atoms with E-state index >= 15 is 0 Å². The van der Waals surface area contributed by atoms with Crippen LogP contribution in [0.2, 0.25) is 5.15 Å². The van der Waals surface area contributed by atoms with Crippen molar-refractivity contribution >= 4 is 23.2 Å². The van der Waals surface area contributed by atoms with Crippen molar-refractivity contribution in [3.8, 4) is 11.6 Å². The van der Waals surface area contributed by atoms with E-state index < -0.39 is 0 Å². The number of anilines is 2. The van der Waals surface area contributed by atoms with Gasteiger partial charge in [-0.3, -0.25) is 0 Å². The predicted octanol–water partition coefficient (Wildman–Crippen LogP) is 2.09. The van der Waals surface area contributed by atoms with E-state index in [2.05, 4.69) is 9.97 Å². The normalized spacial score (nSPS) is 10.1. The number of ether oxygens (including phenoxy) is 1. The van der Waals surface area contributed by atoms with Gasteiger partial charge in [0.2, 0.25) is 11.8 Å². The molecule has 0 bridgehead atoms. The van der Waals surface area contributed by atoms with Gasteiger partial charge in [-0.25, -0.2) is 4.98 Å². The zero-order valence-corrected chi connectivity index (χ0v) is 8.98. The average Bonchev–Trinajstić information content (AvgIpc) is 2.20. The largest absolute Gasteiger partial charge is 0.439 e. The van der Waals surface area contributed by atoms with Crippen LogP contribution in [0.1, 0.15) is 0 Å². The SMILES string of the molecule is Nc1ccc(Oc2cc(Cl)nc(N)n2)cc1. The van der Waals surface area contributed by atoms with Crippen LogP contribution in [0.5, 0.6) is 11.6 Å². The highest BCUT2D eigenvalue weighted by Crippen LogP contribution is 2.22. The Balaban J connectivity index is 2.23. The number of nitrogens with two attached hydrogens (primary N) is 2. The molecule has 0 aliphatic rings. The maximum Gasteiger partial charge on any atom is 0.225 e. The van der Waals surface area contributed by atoms with Crippen LogP contribution >= 0.6 is 11.6 Å². The smallest absolute Gasteiger partial charge is 0.225 e. The first-order valence-electron chi connectivity index (χ1n) is 4.47. The molecule has 0 spiro atoms. The Morgan fingerprint density at radius 2 is 1.75 bits per heavy atom. The summed E-state index contributed by atoms with van der Waals surface area (Å²) in [6.45, 7) is 0. The van der Waals surface area contributed by atoms with Crippen molar-refractivity contribution in [3.63, 3.8) is 0 Å². The molecule has 1 heterocycles. The van der Waals surface area contributed by atoms with Gasteiger partial charge in [0.1, 0.15) is 10.9 Å². The van der Waals surface area contributed by atoms with Crippen molar-refractivity contribution in [1.29, 1.82) is 0 Å². The Hall–Kier alpha value is -2.01. The summed E-state index contributed by atoms with van der Waals surface area (Å²) in [5.74, 6) is 0.962. The topological polar surface area (TPSA) is 87.0 Å². The summed E-state index contributed by atoms with van der Waals surface area (Å²) in [6.07, 6.45) is 0. The van der Waals surface area contributed by atoms with Crippen LogP contribution in [-0.2, 0) is 0 Å². The zero-order valence-electron chi connectivity index (χ0n) is 8.22. The van der Waals surface area contributed by atoms with Crippen molar-refractivity contribution in [1.82, 2.24) is 9.97 Å². The van der Waals surface area contributed by atoms with Crippen molar-refractivity contribution in [2.75, 3.05) is 11.5 Å². The highest BCUT2D eigenvalue weighted by Gasteiger charge is 2.02. The minimum atomic E-state index is 0.0675. The molecule has 16 heavy (non-hydrogen) atoms. The van der Waals surface area contributed by atoms with Gasteiger partial charge in [-0.15, -0.1) is 0 Å². The third-order valence-electron chi connectivity index (χ3n) is 1.79. The first-order valence-corrected chi connectivity index (χ1v) is 4.85. The third-order valence-corrected chi connectivity index (χ3v) is 1.98. The van der Waals surface area contributed by atoms with Gasteiger partial charge in [-0.1, -0.05) is 11.6 Å². The Kier molecular flexibility index (Phi) is 2.78. The van der Waals surface area contributed by atoms with Crippen LogP contribution in [0.25, 0.3) is 0 Å². The summed E-state index contributed by atoms with van der Waals surface area (Å²) in [7, 11) is 0. The highest BCUT2D eigenvalue weighted by molar-refractivity contribution is 6.29. The second-order valence-electron chi connectivity index (χ2n) is 3.06. The van der Waals surface area contributed by atoms with Gasteiger partial charge in [-0.05, 0) is 24.3 Å². The van der Waals surface area contributed by atoms with Crippen LogP contribution in [0, 0.1) is 0 Å². The summed E-state index contributed by atoms with van der Waals surface area (Å²) in [5, 5.41) is 0.234. The fraction of sp³-hybridized carbons (Fsp3) is 0. The Morgan fingerprint density at radius 1 is 1.06 bits per heavy atom. The molecule has 0 aliphatic heterocycles.